The Morgan fingerprint density at radius 2 is 1.29 bits per heavy atom. The van der Waals surface area contributed by atoms with Crippen molar-refractivity contribution in [3.8, 4) is 0 Å². The molecular weight excluding hydrogens is 145 g/mol. The minimum absolute atomic E-state index is 0. The Bertz CT molecular complexity index is 37.9. The fourth-order valence-corrected chi connectivity index (χ4v) is 0. The molecule has 7 heteroatoms. The summed E-state index contributed by atoms with van der Waals surface area (Å²) in [5.74, 6) is 0. The third-order valence-corrected chi connectivity index (χ3v) is 0. The Labute approximate surface area is 120 Å². The Hall–Kier alpha value is 2.85. The summed E-state index contributed by atoms with van der Waals surface area (Å²) in [6.07, 6.45) is 0. The summed E-state index contributed by atoms with van der Waals surface area (Å²) in [5, 5.41) is 0. The minimum atomic E-state index is -3.63. The predicted octanol–water partition coefficient (Wildman–Crippen LogP) is -11.9. The largest absolute Gasteiger partial charge is 1.00 e. The van der Waals surface area contributed by atoms with E-state index < -0.39 is 9.17 Å². The fourth-order valence-electron chi connectivity index (χ4n) is 0. The van der Waals surface area contributed by atoms with Crippen molar-refractivity contribution in [1.82, 2.24) is 0 Å². The number of rotatable bonds is 0. The smallest absolute Gasteiger partial charge is 0.672 e. The first-order valence-corrected chi connectivity index (χ1v) is 1.84. The molecule has 0 bridgehead atoms. The van der Waals surface area contributed by atoms with Gasteiger partial charge in [-0.1, -0.05) is 0 Å². The molecule has 0 atom stereocenters. The molecule has 0 rings (SSSR count). The van der Waals surface area contributed by atoms with Crippen LogP contribution in [0.3, 0.4) is 0 Å². The molecule has 0 aromatic rings. The second-order valence-electron chi connectivity index (χ2n) is 0.250. The van der Waals surface area contributed by atoms with E-state index in [0.717, 1.165) is 0 Å². The second kappa shape index (κ2) is 15.9. The molecule has 0 aromatic heterocycles. The third kappa shape index (κ3) is 51.1. The molecule has 0 saturated carbocycles. The first-order chi connectivity index (χ1) is 1.73. The zero-order valence-corrected chi connectivity index (χ0v) is 10.8. The van der Waals surface area contributed by atoms with Gasteiger partial charge in [0.05, 0.1) is 0 Å². The van der Waals surface area contributed by atoms with E-state index in [2.05, 4.69) is 0 Å². The maximum Gasteiger partial charge on any atom is 1.00 e. The molecule has 24 valence electrons. The first kappa shape index (κ1) is 22.5. The van der Waals surface area contributed by atoms with Gasteiger partial charge in [0.1, 0.15) is 0 Å². The maximum atomic E-state index is 8.52. The van der Waals surface area contributed by atoms with E-state index in [4.69, 9.17) is 14.1 Å². The monoisotopic (exact) mass is 145 g/mol. The van der Waals surface area contributed by atoms with Crippen LogP contribution in [0.5, 0.6) is 0 Å². The van der Waals surface area contributed by atoms with Crippen LogP contribution in [0.2, 0.25) is 0 Å². The summed E-state index contributed by atoms with van der Waals surface area (Å²) in [7, 11) is -3.63. The molecule has 0 aliphatic heterocycles. The summed E-state index contributed by atoms with van der Waals surface area (Å²) in [6, 6.07) is 0. The van der Waals surface area contributed by atoms with Crippen molar-refractivity contribution in [3.63, 3.8) is 0 Å². The molecule has 0 unspecified atom stereocenters. The van der Waals surface area contributed by atoms with Crippen LogP contribution in [-0.4, -0.2) is 9.17 Å². The van der Waals surface area contributed by atoms with Gasteiger partial charge in [-0.2, -0.15) is 0 Å². The van der Waals surface area contributed by atoms with Gasteiger partial charge in [0, 0.05) is 9.17 Å². The van der Waals surface area contributed by atoms with Crippen LogP contribution >= 0.6 is 0 Å². The number of hydrogen-bond donors (Lipinski definition) is 0. The summed E-state index contributed by atoms with van der Waals surface area (Å²) >= 11 is 0. The summed E-state index contributed by atoms with van der Waals surface area (Å²) in [6.45, 7) is 0. The fraction of sp³-hybridized carbons (Fsp3) is 0. The third-order valence-electron chi connectivity index (χ3n) is 0. The van der Waals surface area contributed by atoms with E-state index in [1.807, 2.05) is 0 Å². The van der Waals surface area contributed by atoms with E-state index in [-0.39, 0.29) is 99.8 Å². The molecule has 0 saturated heterocycles. The molecule has 0 radical (unpaired) electrons. The van der Waals surface area contributed by atoms with E-state index in [0.29, 0.717) is 0 Å². The van der Waals surface area contributed by atoms with Gasteiger partial charge in [-0.3, -0.25) is 0 Å². The number of hydrogen-bond acceptors (Lipinski definition) is 3. The van der Waals surface area contributed by atoms with Gasteiger partial charge in [0.25, 0.3) is 0 Å². The molecule has 0 spiro atoms. The minimum Gasteiger partial charge on any atom is -0.672 e. The van der Waals surface area contributed by atoms with Crippen LogP contribution in [0.1, 0.15) is 0 Å². The molecule has 0 amide bonds. The Morgan fingerprint density at radius 3 is 1.29 bits per heavy atom. The summed E-state index contributed by atoms with van der Waals surface area (Å²) in [4.78, 5) is 17.0. The van der Waals surface area contributed by atoms with Gasteiger partial charge in [-0.05, 0) is 0 Å². The van der Waals surface area contributed by atoms with Crippen molar-refractivity contribution in [2.75, 3.05) is 0 Å². The average Bonchev–Trinajstić information content (AvgIpc) is 0.811. The molecule has 7 heavy (non-hydrogen) atoms. The molecule has 0 aromatic carbocycles. The average molecular weight is 145 g/mol. The van der Waals surface area contributed by atoms with Gasteiger partial charge in [0.2, 0.25) is 0 Å². The zero-order valence-electron chi connectivity index (χ0n) is 4.72. The van der Waals surface area contributed by atoms with Gasteiger partial charge in [0.15, 0.2) is 0 Å². The van der Waals surface area contributed by atoms with Crippen molar-refractivity contribution in [1.29, 1.82) is 0 Å². The van der Waals surface area contributed by atoms with Crippen LogP contribution in [0.25, 0.3) is 0 Å². The SMILES string of the molecule is O=[Si]([O-])[O-].[K+].[Li+].[Na+]. The zero-order chi connectivity index (χ0) is 3.58. The van der Waals surface area contributed by atoms with Crippen LogP contribution in [0.15, 0.2) is 0 Å². The molecule has 0 aliphatic carbocycles. The van der Waals surface area contributed by atoms with Crippen molar-refractivity contribution >= 4 is 9.17 Å². The molecular formula is KLiNaO3Si+. The van der Waals surface area contributed by atoms with Gasteiger partial charge < -0.3 is 14.1 Å². The van der Waals surface area contributed by atoms with Crippen LogP contribution < -0.4 is 109 Å². The van der Waals surface area contributed by atoms with Crippen molar-refractivity contribution in [2.45, 2.75) is 0 Å². The Balaban J connectivity index is -0.0000000150. The van der Waals surface area contributed by atoms with E-state index in [1.165, 1.54) is 0 Å². The van der Waals surface area contributed by atoms with E-state index in [9.17, 15) is 0 Å². The molecule has 0 aliphatic rings. The quantitative estimate of drug-likeness (QED) is 0.318. The van der Waals surface area contributed by atoms with Crippen molar-refractivity contribution < 1.29 is 114 Å². The first-order valence-electron chi connectivity index (χ1n) is 0.612. The second-order valence-corrected chi connectivity index (χ2v) is 0.750. The van der Waals surface area contributed by atoms with Crippen LogP contribution in [0.4, 0.5) is 0 Å². The van der Waals surface area contributed by atoms with Gasteiger partial charge in [-0.15, -0.1) is 0 Å². The maximum absolute atomic E-state index is 8.52. The summed E-state index contributed by atoms with van der Waals surface area (Å²) in [5.41, 5.74) is 0. The molecule has 0 fully saturated rings. The standard InChI is InChI=1S/K.Li.Na.O3Si/c;;;1-4(2)3/q3*+1;-2. The van der Waals surface area contributed by atoms with Crippen LogP contribution in [-0.2, 0) is 4.46 Å². The normalized spacial score (nSPS) is 3.43. The van der Waals surface area contributed by atoms with Gasteiger partial charge in [-0.25, -0.2) is 0 Å². The van der Waals surface area contributed by atoms with E-state index in [1.54, 1.807) is 0 Å². The predicted molar refractivity (Wildman–Crippen MR) is 6.44 cm³/mol. The molecule has 3 nitrogen and oxygen atoms in total. The van der Waals surface area contributed by atoms with Gasteiger partial charge >= 0.3 is 99.8 Å². The Morgan fingerprint density at radius 1 is 1.29 bits per heavy atom. The topological polar surface area (TPSA) is 63.2 Å². The molecule has 0 N–H and O–H groups in total. The van der Waals surface area contributed by atoms with Crippen LogP contribution in [0, 0.1) is 0 Å². The molecule has 0 heterocycles. The van der Waals surface area contributed by atoms with Crippen molar-refractivity contribution in [3.05, 3.63) is 0 Å². The van der Waals surface area contributed by atoms with Crippen molar-refractivity contribution in [2.24, 2.45) is 0 Å². The summed E-state index contributed by atoms with van der Waals surface area (Å²) < 4.78 is 8.52. The Kier molecular flexibility index (Phi) is 51.3. The van der Waals surface area contributed by atoms with E-state index >= 15 is 0 Å².